The van der Waals surface area contributed by atoms with E-state index in [1.54, 1.807) is 7.11 Å². The molecule has 1 aliphatic heterocycles. The number of anilines is 1. The van der Waals surface area contributed by atoms with Crippen LogP contribution in [0.3, 0.4) is 0 Å². The van der Waals surface area contributed by atoms with Crippen molar-refractivity contribution in [2.75, 3.05) is 12.4 Å². The zero-order valence-corrected chi connectivity index (χ0v) is 26.6. The van der Waals surface area contributed by atoms with Gasteiger partial charge in [-0.2, -0.15) is 0 Å². The lowest BCUT2D eigenvalue weighted by Crippen LogP contribution is -2.27. The number of ether oxygens (including phenoxy) is 3. The fourth-order valence-electron chi connectivity index (χ4n) is 6.57. The number of hydrogen-bond acceptors (Lipinski definition) is 7. The lowest BCUT2D eigenvalue weighted by Gasteiger charge is -2.24. The third-order valence-corrected chi connectivity index (χ3v) is 9.53. The van der Waals surface area contributed by atoms with Crippen molar-refractivity contribution in [1.29, 1.82) is 0 Å². The first-order chi connectivity index (χ1) is 20.8. The maximum Gasteiger partial charge on any atom is 0.163 e. The molecule has 0 radical (unpaired) electrons. The molecular formula is C33H33BrClN5O3. The molecule has 2 fully saturated rings. The third kappa shape index (κ3) is 5.59. The summed E-state index contributed by atoms with van der Waals surface area (Å²) >= 11 is 10.1. The summed E-state index contributed by atoms with van der Waals surface area (Å²) in [6.07, 6.45) is 6.38. The van der Waals surface area contributed by atoms with Gasteiger partial charge in [-0.1, -0.05) is 35.9 Å². The molecular weight excluding hydrogens is 630 g/mol. The van der Waals surface area contributed by atoms with Gasteiger partial charge >= 0.3 is 0 Å². The molecule has 1 aliphatic carbocycles. The third-order valence-electron chi connectivity index (χ3n) is 8.63. The summed E-state index contributed by atoms with van der Waals surface area (Å²) in [5, 5.41) is 5.90. The quantitative estimate of drug-likeness (QED) is 0.170. The zero-order valence-electron chi connectivity index (χ0n) is 24.3. The topological polar surface area (TPSA) is 83.3 Å². The fraction of sp³-hybridized carbons (Fsp3) is 0.364. The molecule has 4 atom stereocenters. The number of benzene rings is 2. The standard InChI is InChI=1S/C33H33BrClN5O3/c1-33(2)42-28-22(16-27(29(28)43-33)40-13-12-24-30(35)37-18-38-32(24)40)9-5-19-4-8-21-15-25(34)31(39-26(21)14-19)36-17-20-6-10-23(41-3)11-7-20/h4,6-8,10-15,18,22,27-29H,5,9,16-17H2,1-3H3,(H,36,39)/t22-,27+,28+,29-/m0/s1. The highest BCUT2D eigenvalue weighted by Crippen LogP contribution is 2.49. The minimum Gasteiger partial charge on any atom is -0.497 e. The SMILES string of the molecule is COc1ccc(CNc2nc3cc(CC[C@H]4C[C@@H](n5ccc6c(Cl)ncnc65)[C@@H]5OC(C)(C)O[C@H]45)ccc3cc2Br)cc1. The van der Waals surface area contributed by atoms with Crippen molar-refractivity contribution in [3.05, 3.63) is 87.9 Å². The first-order valence-electron chi connectivity index (χ1n) is 14.6. The van der Waals surface area contributed by atoms with Gasteiger partial charge in [-0.25, -0.2) is 15.0 Å². The highest BCUT2D eigenvalue weighted by Gasteiger charge is 2.54. The van der Waals surface area contributed by atoms with E-state index in [9.17, 15) is 0 Å². The average Bonchev–Trinajstić information content (AvgIpc) is 3.66. The number of nitrogens with zero attached hydrogens (tertiary/aromatic N) is 4. The van der Waals surface area contributed by atoms with Crippen LogP contribution in [0.4, 0.5) is 5.82 Å². The molecule has 2 aromatic carbocycles. The van der Waals surface area contributed by atoms with Gasteiger partial charge in [0.2, 0.25) is 0 Å². The smallest absolute Gasteiger partial charge is 0.163 e. The number of hydrogen-bond donors (Lipinski definition) is 1. The Kier molecular flexibility index (Phi) is 7.53. The van der Waals surface area contributed by atoms with Crippen LogP contribution in [0.1, 0.15) is 43.9 Å². The van der Waals surface area contributed by atoms with E-state index in [4.69, 9.17) is 30.8 Å². The van der Waals surface area contributed by atoms with E-state index < -0.39 is 5.79 Å². The first-order valence-corrected chi connectivity index (χ1v) is 15.7. The zero-order chi connectivity index (χ0) is 29.7. The average molecular weight is 663 g/mol. The van der Waals surface area contributed by atoms with Crippen LogP contribution < -0.4 is 10.1 Å². The molecule has 2 aliphatic rings. The Morgan fingerprint density at radius 3 is 2.65 bits per heavy atom. The molecule has 1 saturated carbocycles. The van der Waals surface area contributed by atoms with E-state index in [0.717, 1.165) is 62.8 Å². The summed E-state index contributed by atoms with van der Waals surface area (Å²) in [5.41, 5.74) is 4.21. The lowest BCUT2D eigenvalue weighted by molar-refractivity contribution is -0.160. The largest absolute Gasteiger partial charge is 0.497 e. The molecule has 0 unspecified atom stereocenters. The molecule has 8 nitrogen and oxygen atoms in total. The monoisotopic (exact) mass is 661 g/mol. The van der Waals surface area contributed by atoms with Crippen LogP contribution in [0.15, 0.2) is 71.6 Å². The molecule has 1 N–H and O–H groups in total. The number of rotatable bonds is 8. The van der Waals surface area contributed by atoms with Crippen molar-refractivity contribution >= 4 is 55.3 Å². The number of nitrogens with one attached hydrogen (secondary N) is 1. The van der Waals surface area contributed by atoms with Crippen molar-refractivity contribution in [3.8, 4) is 5.75 Å². The van der Waals surface area contributed by atoms with Gasteiger partial charge in [-0.3, -0.25) is 0 Å². The van der Waals surface area contributed by atoms with E-state index in [1.807, 2.05) is 32.0 Å². The van der Waals surface area contributed by atoms with Crippen molar-refractivity contribution in [1.82, 2.24) is 19.5 Å². The van der Waals surface area contributed by atoms with Crippen LogP contribution in [-0.2, 0) is 22.4 Å². The minimum atomic E-state index is -0.628. The van der Waals surface area contributed by atoms with Crippen molar-refractivity contribution < 1.29 is 14.2 Å². The van der Waals surface area contributed by atoms with E-state index in [1.165, 1.54) is 11.9 Å². The molecule has 10 heteroatoms. The Balaban J connectivity index is 1.08. The van der Waals surface area contributed by atoms with Gasteiger partial charge < -0.3 is 24.1 Å². The molecule has 0 amide bonds. The predicted molar refractivity (Wildman–Crippen MR) is 172 cm³/mol. The van der Waals surface area contributed by atoms with E-state index in [0.29, 0.717) is 17.6 Å². The molecule has 3 aromatic heterocycles. The Morgan fingerprint density at radius 1 is 1.05 bits per heavy atom. The summed E-state index contributed by atoms with van der Waals surface area (Å²) in [4.78, 5) is 13.7. The number of aryl methyl sites for hydroxylation is 1. The number of methoxy groups -OCH3 is 1. The van der Waals surface area contributed by atoms with E-state index in [-0.39, 0.29) is 18.2 Å². The highest BCUT2D eigenvalue weighted by molar-refractivity contribution is 9.10. The number of halogens is 2. The van der Waals surface area contributed by atoms with Gasteiger partial charge in [0.05, 0.1) is 34.6 Å². The molecule has 0 bridgehead atoms. The van der Waals surface area contributed by atoms with E-state index in [2.05, 4.69) is 78.4 Å². The van der Waals surface area contributed by atoms with Gasteiger partial charge in [-0.05, 0) is 96.4 Å². The van der Waals surface area contributed by atoms with E-state index >= 15 is 0 Å². The number of aromatic nitrogens is 4. The van der Waals surface area contributed by atoms with Gasteiger partial charge in [0, 0.05) is 18.1 Å². The Labute approximate surface area is 263 Å². The number of pyridine rings is 1. The maximum absolute atomic E-state index is 6.49. The van der Waals surface area contributed by atoms with Crippen LogP contribution in [0.5, 0.6) is 5.75 Å². The molecule has 5 aromatic rings. The Morgan fingerprint density at radius 2 is 1.84 bits per heavy atom. The molecule has 43 heavy (non-hydrogen) atoms. The first kappa shape index (κ1) is 28.5. The normalized spacial score (nSPS) is 22.7. The predicted octanol–water partition coefficient (Wildman–Crippen LogP) is 7.73. The van der Waals surface area contributed by atoms with Crippen LogP contribution in [0.25, 0.3) is 21.9 Å². The Hall–Kier alpha value is -3.24. The van der Waals surface area contributed by atoms with Gasteiger partial charge in [-0.15, -0.1) is 0 Å². The molecule has 222 valence electrons. The summed E-state index contributed by atoms with van der Waals surface area (Å²) in [5.74, 6) is 1.38. The summed E-state index contributed by atoms with van der Waals surface area (Å²) in [6, 6.07) is 18.8. The summed E-state index contributed by atoms with van der Waals surface area (Å²) in [6.45, 7) is 4.67. The van der Waals surface area contributed by atoms with Crippen LogP contribution in [-0.4, -0.2) is 44.6 Å². The van der Waals surface area contributed by atoms with Crippen molar-refractivity contribution in [2.45, 2.75) is 63.7 Å². The van der Waals surface area contributed by atoms with Gasteiger partial charge in [0.25, 0.3) is 0 Å². The van der Waals surface area contributed by atoms with Crippen molar-refractivity contribution in [2.24, 2.45) is 5.92 Å². The fourth-order valence-corrected chi connectivity index (χ4v) is 7.23. The molecule has 4 heterocycles. The lowest BCUT2D eigenvalue weighted by atomic mass is 9.95. The molecule has 0 spiro atoms. The summed E-state index contributed by atoms with van der Waals surface area (Å²) < 4.78 is 21.4. The van der Waals surface area contributed by atoms with Gasteiger partial charge in [0.1, 0.15) is 34.8 Å². The van der Waals surface area contributed by atoms with Crippen LogP contribution >= 0.6 is 27.5 Å². The van der Waals surface area contributed by atoms with Crippen LogP contribution in [0, 0.1) is 5.92 Å². The second-order valence-electron chi connectivity index (χ2n) is 11.8. The Bertz CT molecular complexity index is 1790. The number of fused-ring (bicyclic) bond motifs is 3. The molecule has 1 saturated heterocycles. The summed E-state index contributed by atoms with van der Waals surface area (Å²) in [7, 11) is 1.67. The second kappa shape index (κ2) is 11.4. The highest BCUT2D eigenvalue weighted by atomic mass is 79.9. The van der Waals surface area contributed by atoms with Crippen molar-refractivity contribution in [3.63, 3.8) is 0 Å². The maximum atomic E-state index is 6.49. The second-order valence-corrected chi connectivity index (χ2v) is 13.1. The van der Waals surface area contributed by atoms with Gasteiger partial charge in [0.15, 0.2) is 5.79 Å². The van der Waals surface area contributed by atoms with Crippen LogP contribution in [0.2, 0.25) is 5.15 Å². The molecule has 7 rings (SSSR count). The minimum absolute atomic E-state index is 0.0121.